The number of ether oxygens (including phenoxy) is 1. The van der Waals surface area contributed by atoms with Crippen LogP contribution in [-0.2, 0) is 6.54 Å². The Morgan fingerprint density at radius 3 is 2.78 bits per heavy atom. The molecule has 0 aromatic heterocycles. The molecule has 4 heteroatoms. The van der Waals surface area contributed by atoms with Crippen molar-refractivity contribution in [2.24, 2.45) is 0 Å². The van der Waals surface area contributed by atoms with Crippen molar-refractivity contribution in [1.82, 2.24) is 5.32 Å². The van der Waals surface area contributed by atoms with Crippen LogP contribution < -0.4 is 10.1 Å². The van der Waals surface area contributed by atoms with Crippen molar-refractivity contribution in [2.75, 3.05) is 13.2 Å². The Kier molecular flexibility index (Phi) is 7.32. The third-order valence-corrected chi connectivity index (χ3v) is 3.27. The maximum Gasteiger partial charge on any atom is 0.123 e. The zero-order valence-corrected chi connectivity index (χ0v) is 12.7. The average molecular weight is 316 g/mol. The number of hydrogen-bond acceptors (Lipinski definition) is 3. The summed E-state index contributed by atoms with van der Waals surface area (Å²) in [5.41, 5.74) is 1.12. The molecule has 0 saturated heterocycles. The van der Waals surface area contributed by atoms with Crippen LogP contribution in [0.5, 0.6) is 5.75 Å². The van der Waals surface area contributed by atoms with Gasteiger partial charge in [0.1, 0.15) is 5.75 Å². The summed E-state index contributed by atoms with van der Waals surface area (Å²) in [6.45, 7) is 5.75. The highest BCUT2D eigenvalue weighted by molar-refractivity contribution is 9.10. The fourth-order valence-electron chi connectivity index (χ4n) is 1.63. The number of benzene rings is 1. The van der Waals surface area contributed by atoms with E-state index < -0.39 is 0 Å². The van der Waals surface area contributed by atoms with E-state index in [4.69, 9.17) is 9.84 Å². The van der Waals surface area contributed by atoms with Gasteiger partial charge in [-0.25, -0.2) is 0 Å². The van der Waals surface area contributed by atoms with E-state index in [1.165, 1.54) is 0 Å². The lowest BCUT2D eigenvalue weighted by Gasteiger charge is -2.16. The van der Waals surface area contributed by atoms with Gasteiger partial charge in [0.15, 0.2) is 0 Å². The summed E-state index contributed by atoms with van der Waals surface area (Å²) in [6, 6.07) is 6.17. The predicted octanol–water partition coefficient (Wildman–Crippen LogP) is 3.10. The minimum atomic E-state index is 0.142. The maximum atomic E-state index is 9.17. The van der Waals surface area contributed by atoms with Crippen molar-refractivity contribution in [2.45, 2.75) is 39.3 Å². The van der Waals surface area contributed by atoms with E-state index in [2.05, 4.69) is 41.2 Å². The van der Waals surface area contributed by atoms with Gasteiger partial charge < -0.3 is 15.2 Å². The van der Waals surface area contributed by atoms with Crippen LogP contribution in [0.3, 0.4) is 0 Å². The van der Waals surface area contributed by atoms with E-state index in [9.17, 15) is 0 Å². The molecule has 0 bridgehead atoms. The van der Waals surface area contributed by atoms with Crippen LogP contribution in [0.15, 0.2) is 22.7 Å². The second-order valence-electron chi connectivity index (χ2n) is 4.27. The first-order valence-corrected chi connectivity index (χ1v) is 7.26. The minimum absolute atomic E-state index is 0.142. The molecule has 2 N–H and O–H groups in total. The van der Waals surface area contributed by atoms with E-state index in [0.717, 1.165) is 35.2 Å². The molecule has 18 heavy (non-hydrogen) atoms. The Hall–Kier alpha value is -0.580. The van der Waals surface area contributed by atoms with Crippen molar-refractivity contribution in [3.63, 3.8) is 0 Å². The van der Waals surface area contributed by atoms with Gasteiger partial charge in [-0.2, -0.15) is 0 Å². The normalized spacial score (nSPS) is 12.4. The van der Waals surface area contributed by atoms with E-state index in [-0.39, 0.29) is 12.6 Å². The molecule has 1 aromatic carbocycles. The number of halogens is 1. The van der Waals surface area contributed by atoms with Gasteiger partial charge in [-0.15, -0.1) is 0 Å². The third kappa shape index (κ3) is 4.96. The van der Waals surface area contributed by atoms with Crippen LogP contribution >= 0.6 is 15.9 Å². The summed E-state index contributed by atoms with van der Waals surface area (Å²) in [5, 5.41) is 12.5. The largest absolute Gasteiger partial charge is 0.493 e. The Morgan fingerprint density at radius 1 is 1.39 bits per heavy atom. The fourth-order valence-corrected chi connectivity index (χ4v) is 2.04. The molecule has 1 aromatic rings. The molecule has 0 radical (unpaired) electrons. The van der Waals surface area contributed by atoms with Gasteiger partial charge in [0, 0.05) is 22.6 Å². The number of nitrogens with one attached hydrogen (secondary N) is 1. The number of aliphatic hydroxyl groups excluding tert-OH is 1. The van der Waals surface area contributed by atoms with Gasteiger partial charge in [-0.3, -0.25) is 0 Å². The van der Waals surface area contributed by atoms with Crippen molar-refractivity contribution >= 4 is 15.9 Å². The smallest absolute Gasteiger partial charge is 0.123 e. The second-order valence-corrected chi connectivity index (χ2v) is 5.18. The lowest BCUT2D eigenvalue weighted by atomic mass is 10.1. The molecular formula is C14H22BrNO2. The zero-order chi connectivity index (χ0) is 13.4. The molecule has 0 heterocycles. The number of aliphatic hydroxyl groups is 1. The first kappa shape index (κ1) is 15.5. The molecule has 0 unspecified atom stereocenters. The van der Waals surface area contributed by atoms with E-state index in [1.807, 2.05) is 12.1 Å². The Morgan fingerprint density at radius 2 is 2.17 bits per heavy atom. The highest BCUT2D eigenvalue weighted by atomic mass is 79.9. The second kappa shape index (κ2) is 8.51. The Balaban J connectivity index is 2.68. The predicted molar refractivity (Wildman–Crippen MR) is 77.9 cm³/mol. The molecule has 0 fully saturated rings. The quantitative estimate of drug-likeness (QED) is 0.774. The molecule has 0 aliphatic rings. The maximum absolute atomic E-state index is 9.17. The third-order valence-electron chi connectivity index (χ3n) is 2.78. The highest BCUT2D eigenvalue weighted by Crippen LogP contribution is 2.23. The fraction of sp³-hybridized carbons (Fsp3) is 0.571. The molecule has 102 valence electrons. The molecule has 0 saturated carbocycles. The molecule has 3 nitrogen and oxygen atoms in total. The SMILES string of the molecule is CCCOc1ccc(Br)cc1CN[C@H](CC)CO. The van der Waals surface area contributed by atoms with Crippen LogP contribution in [0.2, 0.25) is 0 Å². The van der Waals surface area contributed by atoms with Gasteiger partial charge in [0.05, 0.1) is 13.2 Å². The first-order chi connectivity index (χ1) is 8.71. The molecule has 1 rings (SSSR count). The summed E-state index contributed by atoms with van der Waals surface area (Å²) in [7, 11) is 0. The van der Waals surface area contributed by atoms with Crippen molar-refractivity contribution in [3.05, 3.63) is 28.2 Å². The summed E-state index contributed by atoms with van der Waals surface area (Å²) in [5.74, 6) is 0.917. The van der Waals surface area contributed by atoms with Gasteiger partial charge in [0.2, 0.25) is 0 Å². The van der Waals surface area contributed by atoms with Crippen LogP contribution in [0.25, 0.3) is 0 Å². The average Bonchev–Trinajstić information content (AvgIpc) is 2.39. The van der Waals surface area contributed by atoms with Crippen LogP contribution in [0.4, 0.5) is 0 Å². The summed E-state index contributed by atoms with van der Waals surface area (Å²) in [6.07, 6.45) is 1.91. The monoisotopic (exact) mass is 315 g/mol. The highest BCUT2D eigenvalue weighted by Gasteiger charge is 2.08. The zero-order valence-electron chi connectivity index (χ0n) is 11.1. The van der Waals surface area contributed by atoms with Gasteiger partial charge >= 0.3 is 0 Å². The summed E-state index contributed by atoms with van der Waals surface area (Å²) in [4.78, 5) is 0. The first-order valence-electron chi connectivity index (χ1n) is 6.46. The van der Waals surface area contributed by atoms with E-state index in [0.29, 0.717) is 6.54 Å². The molecule has 0 aliphatic heterocycles. The van der Waals surface area contributed by atoms with Gasteiger partial charge in [-0.1, -0.05) is 29.8 Å². The molecule has 0 spiro atoms. The van der Waals surface area contributed by atoms with Crippen molar-refractivity contribution in [1.29, 1.82) is 0 Å². The van der Waals surface area contributed by atoms with E-state index >= 15 is 0 Å². The summed E-state index contributed by atoms with van der Waals surface area (Å²) < 4.78 is 6.76. The Bertz CT molecular complexity index is 354. The number of hydrogen-bond donors (Lipinski definition) is 2. The van der Waals surface area contributed by atoms with Crippen molar-refractivity contribution < 1.29 is 9.84 Å². The molecule has 0 amide bonds. The van der Waals surface area contributed by atoms with Crippen LogP contribution in [0, 0.1) is 0 Å². The molecule has 1 atom stereocenters. The van der Waals surface area contributed by atoms with Crippen LogP contribution in [0.1, 0.15) is 32.3 Å². The van der Waals surface area contributed by atoms with Gasteiger partial charge in [0.25, 0.3) is 0 Å². The number of rotatable bonds is 8. The van der Waals surface area contributed by atoms with Crippen molar-refractivity contribution in [3.8, 4) is 5.75 Å². The molecule has 0 aliphatic carbocycles. The Labute approximate surface area is 118 Å². The van der Waals surface area contributed by atoms with Gasteiger partial charge in [-0.05, 0) is 31.0 Å². The topological polar surface area (TPSA) is 41.5 Å². The lowest BCUT2D eigenvalue weighted by molar-refractivity contribution is 0.237. The van der Waals surface area contributed by atoms with Crippen LogP contribution in [-0.4, -0.2) is 24.4 Å². The standard InChI is InChI=1S/C14H22BrNO2/c1-3-7-18-14-6-5-12(15)8-11(14)9-16-13(4-2)10-17/h5-6,8,13,16-17H,3-4,7,9-10H2,1-2H3/t13-/m1/s1. The lowest BCUT2D eigenvalue weighted by Crippen LogP contribution is -2.31. The van der Waals surface area contributed by atoms with E-state index in [1.54, 1.807) is 0 Å². The minimum Gasteiger partial charge on any atom is -0.493 e. The summed E-state index contributed by atoms with van der Waals surface area (Å²) >= 11 is 3.47. The molecular weight excluding hydrogens is 294 g/mol.